The van der Waals surface area contributed by atoms with Gasteiger partial charge in [0.15, 0.2) is 5.82 Å². The summed E-state index contributed by atoms with van der Waals surface area (Å²) in [7, 11) is 0. The maximum Gasteiger partial charge on any atom is 0.412 e. The van der Waals surface area contributed by atoms with Gasteiger partial charge in [0, 0.05) is 0 Å². The summed E-state index contributed by atoms with van der Waals surface area (Å²) in [6.45, 7) is 1.96. The van der Waals surface area contributed by atoms with Crippen molar-refractivity contribution in [2.24, 2.45) is 10.2 Å². The molecule has 0 saturated heterocycles. The lowest BCUT2D eigenvalue weighted by molar-refractivity contribution is 0.168. The number of rotatable bonds is 4. The number of aromatic nitrogens is 1. The van der Waals surface area contributed by atoms with Crippen LogP contribution in [0.25, 0.3) is 0 Å². The third-order valence-electron chi connectivity index (χ3n) is 2.56. The lowest BCUT2D eigenvalue weighted by Crippen LogP contribution is -2.14. The fourth-order valence-electron chi connectivity index (χ4n) is 1.55. The van der Waals surface area contributed by atoms with Crippen LogP contribution in [0.3, 0.4) is 0 Å². The number of anilines is 2. The van der Waals surface area contributed by atoms with Gasteiger partial charge in [0.05, 0.1) is 6.61 Å². The third kappa shape index (κ3) is 3.92. The van der Waals surface area contributed by atoms with Crippen LogP contribution in [0.1, 0.15) is 6.92 Å². The Kier molecular flexibility index (Phi) is 4.86. The minimum atomic E-state index is -0.613. The number of carbonyl (C=O) groups excluding carboxylic acids is 1. The minimum Gasteiger partial charge on any atom is -0.506 e. The number of hydrogen-bond donors (Lipinski definition) is 3. The number of nitrogens with zero attached hydrogens (tertiary/aromatic N) is 3. The van der Waals surface area contributed by atoms with Crippen LogP contribution in [-0.4, -0.2) is 22.8 Å². The van der Waals surface area contributed by atoms with Crippen molar-refractivity contribution >= 4 is 29.1 Å². The summed E-state index contributed by atoms with van der Waals surface area (Å²) in [4.78, 5) is 15.3. The van der Waals surface area contributed by atoms with Crippen LogP contribution in [0.2, 0.25) is 0 Å². The van der Waals surface area contributed by atoms with E-state index in [0.29, 0.717) is 11.4 Å². The van der Waals surface area contributed by atoms with E-state index in [1.165, 1.54) is 12.1 Å². The number of nitrogens with one attached hydrogen (secondary N) is 1. The topological polar surface area (TPSA) is 122 Å². The summed E-state index contributed by atoms with van der Waals surface area (Å²) in [6, 6.07) is 9.59. The van der Waals surface area contributed by atoms with Crippen LogP contribution in [0.15, 0.2) is 46.6 Å². The van der Waals surface area contributed by atoms with Crippen molar-refractivity contribution in [2.75, 3.05) is 17.7 Å². The molecule has 1 aromatic carbocycles. The highest BCUT2D eigenvalue weighted by Gasteiger charge is 2.06. The Morgan fingerprint density at radius 2 is 2.00 bits per heavy atom. The van der Waals surface area contributed by atoms with Crippen LogP contribution in [-0.2, 0) is 4.74 Å². The minimum absolute atomic E-state index is 0.0124. The molecule has 4 N–H and O–H groups in total. The summed E-state index contributed by atoms with van der Waals surface area (Å²) >= 11 is 0. The Balaban J connectivity index is 2.13. The molecule has 1 amide bonds. The number of hydrogen-bond acceptors (Lipinski definition) is 7. The van der Waals surface area contributed by atoms with Crippen molar-refractivity contribution in [3.63, 3.8) is 0 Å². The highest BCUT2D eigenvalue weighted by molar-refractivity contribution is 5.84. The zero-order valence-corrected chi connectivity index (χ0v) is 11.9. The number of phenols is 1. The molecule has 114 valence electrons. The predicted octanol–water partition coefficient (Wildman–Crippen LogP) is 3.35. The molecule has 0 aliphatic rings. The largest absolute Gasteiger partial charge is 0.506 e. The molecule has 1 aromatic heterocycles. The Labute approximate surface area is 126 Å². The van der Waals surface area contributed by atoms with Gasteiger partial charge in [0.25, 0.3) is 0 Å². The highest BCUT2D eigenvalue weighted by Crippen LogP contribution is 2.29. The number of carbonyl (C=O) groups is 1. The van der Waals surface area contributed by atoms with Gasteiger partial charge < -0.3 is 15.6 Å². The van der Waals surface area contributed by atoms with Crippen LogP contribution in [0.5, 0.6) is 5.75 Å². The number of phenolic OH excluding ortho intramolecular Hbond substituents is 1. The zero-order chi connectivity index (χ0) is 15.9. The van der Waals surface area contributed by atoms with Crippen molar-refractivity contribution in [2.45, 2.75) is 6.92 Å². The fraction of sp³-hybridized carbons (Fsp3) is 0.143. The van der Waals surface area contributed by atoms with E-state index in [-0.39, 0.29) is 24.0 Å². The second-order valence-electron chi connectivity index (χ2n) is 4.14. The number of aromatic hydroxyl groups is 1. The molecule has 0 aliphatic carbocycles. The SMILES string of the molecule is CCOC(=O)Nc1ccc(N=Nc2ccccc2O)c(N)n1. The quantitative estimate of drug-likeness (QED) is 0.747. The number of nitrogens with two attached hydrogens (primary N) is 1. The lowest BCUT2D eigenvalue weighted by atomic mass is 10.3. The van der Waals surface area contributed by atoms with Crippen LogP contribution in [0, 0.1) is 0 Å². The van der Waals surface area contributed by atoms with Crippen LogP contribution in [0.4, 0.5) is 27.8 Å². The number of para-hydroxylation sites is 1. The second-order valence-corrected chi connectivity index (χ2v) is 4.14. The monoisotopic (exact) mass is 301 g/mol. The van der Waals surface area contributed by atoms with E-state index in [0.717, 1.165) is 0 Å². The fourth-order valence-corrected chi connectivity index (χ4v) is 1.55. The van der Waals surface area contributed by atoms with Crippen molar-refractivity contribution in [3.8, 4) is 5.75 Å². The van der Waals surface area contributed by atoms with E-state index >= 15 is 0 Å². The second kappa shape index (κ2) is 7.02. The average Bonchev–Trinajstić information content (AvgIpc) is 2.48. The van der Waals surface area contributed by atoms with E-state index < -0.39 is 6.09 Å². The Morgan fingerprint density at radius 3 is 2.68 bits per heavy atom. The van der Waals surface area contributed by atoms with Gasteiger partial charge in [-0.25, -0.2) is 9.78 Å². The summed E-state index contributed by atoms with van der Waals surface area (Å²) in [5, 5.41) is 19.8. The first-order valence-electron chi connectivity index (χ1n) is 6.50. The van der Waals surface area contributed by atoms with Gasteiger partial charge in [-0.1, -0.05) is 12.1 Å². The molecule has 0 bridgehead atoms. The number of amides is 1. The van der Waals surface area contributed by atoms with E-state index in [2.05, 4.69) is 20.5 Å². The maximum atomic E-state index is 11.3. The maximum absolute atomic E-state index is 11.3. The predicted molar refractivity (Wildman–Crippen MR) is 81.6 cm³/mol. The Bertz CT molecular complexity index is 703. The van der Waals surface area contributed by atoms with Gasteiger partial charge in [-0.3, -0.25) is 5.32 Å². The smallest absolute Gasteiger partial charge is 0.412 e. The van der Waals surface area contributed by atoms with Gasteiger partial charge in [-0.15, -0.1) is 10.2 Å². The molecule has 2 rings (SSSR count). The number of nitrogen functional groups attached to an aromatic ring is 1. The molecule has 0 atom stereocenters. The first-order valence-corrected chi connectivity index (χ1v) is 6.50. The van der Waals surface area contributed by atoms with Crippen molar-refractivity contribution in [3.05, 3.63) is 36.4 Å². The first-order chi connectivity index (χ1) is 10.6. The van der Waals surface area contributed by atoms with Crippen molar-refractivity contribution in [1.29, 1.82) is 0 Å². The third-order valence-corrected chi connectivity index (χ3v) is 2.56. The van der Waals surface area contributed by atoms with E-state index in [1.807, 2.05) is 0 Å². The highest BCUT2D eigenvalue weighted by atomic mass is 16.5. The van der Waals surface area contributed by atoms with E-state index in [1.54, 1.807) is 31.2 Å². The summed E-state index contributed by atoms with van der Waals surface area (Å²) in [5.41, 5.74) is 6.39. The number of ether oxygens (including phenoxy) is 1. The van der Waals surface area contributed by atoms with Crippen LogP contribution >= 0.6 is 0 Å². The number of benzene rings is 1. The van der Waals surface area contributed by atoms with E-state index in [9.17, 15) is 9.90 Å². The summed E-state index contributed by atoms with van der Waals surface area (Å²) in [6.07, 6.45) is -0.613. The molecule has 8 nitrogen and oxygen atoms in total. The summed E-state index contributed by atoms with van der Waals surface area (Å²) < 4.78 is 4.73. The van der Waals surface area contributed by atoms with Gasteiger partial charge >= 0.3 is 6.09 Å². The standard InChI is InChI=1S/C14H15N5O3/c1-2-22-14(21)17-12-8-7-10(13(15)16-12)19-18-9-5-3-4-6-11(9)20/h3-8,20H,2H2,1H3,(H3,15,16,17,21). The normalized spacial score (nSPS) is 10.6. The average molecular weight is 301 g/mol. The lowest BCUT2D eigenvalue weighted by Gasteiger charge is -2.05. The summed E-state index contributed by atoms with van der Waals surface area (Å²) in [5.74, 6) is 0.351. The molecular weight excluding hydrogens is 286 g/mol. The first kappa shape index (κ1) is 15.2. The number of pyridine rings is 1. The molecule has 0 fully saturated rings. The Morgan fingerprint density at radius 1 is 1.27 bits per heavy atom. The molecule has 0 aliphatic heterocycles. The van der Waals surface area contributed by atoms with E-state index in [4.69, 9.17) is 10.5 Å². The van der Waals surface area contributed by atoms with Crippen LogP contribution < -0.4 is 11.1 Å². The Hall–Kier alpha value is -3.16. The molecule has 8 heteroatoms. The number of azo groups is 1. The van der Waals surface area contributed by atoms with Gasteiger partial charge in [0.2, 0.25) is 0 Å². The van der Waals surface area contributed by atoms with Gasteiger partial charge in [-0.2, -0.15) is 0 Å². The van der Waals surface area contributed by atoms with Gasteiger partial charge in [0.1, 0.15) is 22.9 Å². The molecule has 2 aromatic rings. The molecule has 22 heavy (non-hydrogen) atoms. The van der Waals surface area contributed by atoms with Crippen molar-refractivity contribution in [1.82, 2.24) is 4.98 Å². The molecule has 0 saturated carbocycles. The molecular formula is C14H15N5O3. The molecule has 0 unspecified atom stereocenters. The van der Waals surface area contributed by atoms with Crippen molar-refractivity contribution < 1.29 is 14.6 Å². The zero-order valence-electron chi connectivity index (χ0n) is 11.9. The molecule has 0 spiro atoms. The van der Waals surface area contributed by atoms with Gasteiger partial charge in [-0.05, 0) is 31.2 Å². The molecule has 1 heterocycles. The molecule has 0 radical (unpaired) electrons.